The van der Waals surface area contributed by atoms with Crippen LogP contribution in [0.3, 0.4) is 0 Å². The largest absolute Gasteiger partial charge is 0.493 e. The van der Waals surface area contributed by atoms with Gasteiger partial charge >= 0.3 is 0 Å². The van der Waals surface area contributed by atoms with Gasteiger partial charge in [-0.25, -0.2) is 4.68 Å². The Kier molecular flexibility index (Phi) is 5.68. The quantitative estimate of drug-likeness (QED) is 0.842. The van der Waals surface area contributed by atoms with E-state index in [9.17, 15) is 4.79 Å². The molecule has 7 heteroatoms. The Balaban J connectivity index is 2.32. The molecule has 0 saturated carbocycles. The van der Waals surface area contributed by atoms with E-state index in [2.05, 4.69) is 17.3 Å². The first-order valence-electron chi connectivity index (χ1n) is 7.70. The molecule has 1 heterocycles. The first kappa shape index (κ1) is 17.7. The molecule has 0 radical (unpaired) electrons. The number of carbonyl (C=O) groups is 1. The third-order valence-electron chi connectivity index (χ3n) is 3.85. The summed E-state index contributed by atoms with van der Waals surface area (Å²) in [5, 5.41) is 7.13. The standard InChI is InChI=1S/C17H23N3O4/c1-6-11(2)20-15(7-8-18-20)19-17(21)12-9-13(22-3)16(24-5)14(10-12)23-4/h7-11H,6H2,1-5H3,(H,19,21)/t11-/m1/s1. The fraction of sp³-hybridized carbons (Fsp3) is 0.412. The van der Waals surface area contributed by atoms with Crippen LogP contribution in [0.5, 0.6) is 17.2 Å². The average Bonchev–Trinajstić information content (AvgIpc) is 3.07. The van der Waals surface area contributed by atoms with E-state index >= 15 is 0 Å². The van der Waals surface area contributed by atoms with E-state index in [1.807, 2.05) is 6.92 Å². The molecule has 24 heavy (non-hydrogen) atoms. The Morgan fingerprint density at radius 1 is 1.21 bits per heavy atom. The van der Waals surface area contributed by atoms with Crippen molar-refractivity contribution in [3.8, 4) is 17.2 Å². The van der Waals surface area contributed by atoms with Gasteiger partial charge in [-0.05, 0) is 25.5 Å². The summed E-state index contributed by atoms with van der Waals surface area (Å²) >= 11 is 0. The van der Waals surface area contributed by atoms with Crippen LogP contribution in [-0.2, 0) is 0 Å². The second kappa shape index (κ2) is 7.72. The molecule has 0 fully saturated rings. The molecule has 1 atom stereocenters. The van der Waals surface area contributed by atoms with Gasteiger partial charge in [0.15, 0.2) is 11.5 Å². The molecule has 0 aliphatic heterocycles. The number of anilines is 1. The Hall–Kier alpha value is -2.70. The molecule has 0 unspecified atom stereocenters. The first-order chi connectivity index (χ1) is 11.5. The second-order valence-corrected chi connectivity index (χ2v) is 5.29. The second-order valence-electron chi connectivity index (χ2n) is 5.29. The van der Waals surface area contributed by atoms with Crippen molar-refractivity contribution in [2.24, 2.45) is 0 Å². The lowest BCUT2D eigenvalue weighted by Gasteiger charge is -2.16. The van der Waals surface area contributed by atoms with Crippen molar-refractivity contribution in [2.75, 3.05) is 26.6 Å². The summed E-state index contributed by atoms with van der Waals surface area (Å²) in [6, 6.07) is 5.18. The van der Waals surface area contributed by atoms with Crippen molar-refractivity contribution in [3.63, 3.8) is 0 Å². The van der Waals surface area contributed by atoms with Crippen LogP contribution in [0.2, 0.25) is 0 Å². The minimum Gasteiger partial charge on any atom is -0.493 e. The Morgan fingerprint density at radius 2 is 1.83 bits per heavy atom. The lowest BCUT2D eigenvalue weighted by Crippen LogP contribution is -2.17. The van der Waals surface area contributed by atoms with E-state index in [4.69, 9.17) is 14.2 Å². The Bertz CT molecular complexity index is 687. The zero-order chi connectivity index (χ0) is 17.7. The number of rotatable bonds is 7. The van der Waals surface area contributed by atoms with E-state index in [0.717, 1.165) is 6.42 Å². The summed E-state index contributed by atoms with van der Waals surface area (Å²) < 4.78 is 17.6. The predicted octanol–water partition coefficient (Wildman–Crippen LogP) is 3.13. The summed E-state index contributed by atoms with van der Waals surface area (Å²) in [5.41, 5.74) is 0.404. The maximum Gasteiger partial charge on any atom is 0.257 e. The molecule has 1 N–H and O–H groups in total. The highest BCUT2D eigenvalue weighted by molar-refractivity contribution is 6.04. The van der Waals surface area contributed by atoms with Gasteiger partial charge in [-0.3, -0.25) is 4.79 Å². The van der Waals surface area contributed by atoms with Crippen LogP contribution in [0, 0.1) is 0 Å². The summed E-state index contributed by atoms with van der Waals surface area (Å²) in [6.45, 7) is 4.11. The molecule has 0 bridgehead atoms. The van der Waals surface area contributed by atoms with Crippen molar-refractivity contribution >= 4 is 11.7 Å². The number of benzene rings is 1. The maximum atomic E-state index is 12.6. The van der Waals surface area contributed by atoms with Gasteiger partial charge in [0.25, 0.3) is 5.91 Å². The number of aromatic nitrogens is 2. The van der Waals surface area contributed by atoms with Gasteiger partial charge in [0.1, 0.15) is 5.82 Å². The highest BCUT2D eigenvalue weighted by Crippen LogP contribution is 2.38. The highest BCUT2D eigenvalue weighted by atomic mass is 16.5. The molecule has 130 valence electrons. The molecule has 0 spiro atoms. The molecule has 0 aliphatic carbocycles. The van der Waals surface area contributed by atoms with E-state index < -0.39 is 0 Å². The summed E-state index contributed by atoms with van der Waals surface area (Å²) in [5.74, 6) is 1.67. The van der Waals surface area contributed by atoms with Crippen LogP contribution in [0.4, 0.5) is 5.82 Å². The number of methoxy groups -OCH3 is 3. The SMILES string of the molecule is CC[C@@H](C)n1nccc1NC(=O)c1cc(OC)c(OC)c(OC)c1. The molecule has 1 aromatic carbocycles. The number of hydrogen-bond acceptors (Lipinski definition) is 5. The third kappa shape index (κ3) is 3.45. The van der Waals surface area contributed by atoms with E-state index in [1.54, 1.807) is 29.1 Å². The van der Waals surface area contributed by atoms with Crippen LogP contribution >= 0.6 is 0 Å². The van der Waals surface area contributed by atoms with Gasteiger partial charge < -0.3 is 19.5 Å². The minimum atomic E-state index is -0.278. The van der Waals surface area contributed by atoms with Gasteiger partial charge in [-0.15, -0.1) is 0 Å². The fourth-order valence-electron chi connectivity index (χ4n) is 2.34. The Labute approximate surface area is 141 Å². The van der Waals surface area contributed by atoms with Crippen molar-refractivity contribution in [1.82, 2.24) is 9.78 Å². The fourth-order valence-corrected chi connectivity index (χ4v) is 2.34. The maximum absolute atomic E-state index is 12.6. The number of amides is 1. The molecular formula is C17H23N3O4. The smallest absolute Gasteiger partial charge is 0.257 e. The van der Waals surface area contributed by atoms with Crippen LogP contribution in [0.1, 0.15) is 36.7 Å². The number of ether oxygens (including phenoxy) is 3. The number of carbonyl (C=O) groups excluding carboxylic acids is 1. The van der Waals surface area contributed by atoms with E-state index in [-0.39, 0.29) is 11.9 Å². The topological polar surface area (TPSA) is 74.6 Å². The molecule has 2 aromatic rings. The van der Waals surface area contributed by atoms with Gasteiger partial charge in [0.05, 0.1) is 33.6 Å². The monoisotopic (exact) mass is 333 g/mol. The van der Waals surface area contributed by atoms with Crippen molar-refractivity contribution in [2.45, 2.75) is 26.3 Å². The van der Waals surface area contributed by atoms with Crippen LogP contribution in [0.25, 0.3) is 0 Å². The molecular weight excluding hydrogens is 310 g/mol. The molecule has 1 amide bonds. The van der Waals surface area contributed by atoms with E-state index in [0.29, 0.717) is 28.6 Å². The average molecular weight is 333 g/mol. The number of nitrogens with zero attached hydrogens (tertiary/aromatic N) is 2. The number of nitrogens with one attached hydrogen (secondary N) is 1. The summed E-state index contributed by atoms with van der Waals surface area (Å²) in [4.78, 5) is 12.6. The van der Waals surface area contributed by atoms with Gasteiger partial charge in [-0.2, -0.15) is 5.10 Å². The molecule has 2 rings (SSSR count). The lowest BCUT2D eigenvalue weighted by atomic mass is 10.1. The number of hydrogen-bond donors (Lipinski definition) is 1. The van der Waals surface area contributed by atoms with Crippen LogP contribution in [-0.4, -0.2) is 37.0 Å². The Morgan fingerprint density at radius 3 is 2.33 bits per heavy atom. The van der Waals surface area contributed by atoms with Gasteiger partial charge in [0, 0.05) is 11.6 Å². The van der Waals surface area contributed by atoms with Crippen molar-refractivity contribution < 1.29 is 19.0 Å². The minimum absolute atomic E-state index is 0.190. The van der Waals surface area contributed by atoms with Crippen LogP contribution in [0.15, 0.2) is 24.4 Å². The highest BCUT2D eigenvalue weighted by Gasteiger charge is 2.18. The summed E-state index contributed by atoms with van der Waals surface area (Å²) in [7, 11) is 4.54. The molecule has 0 saturated heterocycles. The van der Waals surface area contributed by atoms with Crippen molar-refractivity contribution in [1.29, 1.82) is 0 Å². The van der Waals surface area contributed by atoms with Crippen molar-refractivity contribution in [3.05, 3.63) is 30.0 Å². The lowest BCUT2D eigenvalue weighted by molar-refractivity contribution is 0.102. The molecule has 0 aliphatic rings. The predicted molar refractivity (Wildman–Crippen MR) is 91.3 cm³/mol. The zero-order valence-electron chi connectivity index (χ0n) is 14.6. The summed E-state index contributed by atoms with van der Waals surface area (Å²) in [6.07, 6.45) is 2.58. The zero-order valence-corrected chi connectivity index (χ0v) is 14.6. The van der Waals surface area contributed by atoms with E-state index in [1.165, 1.54) is 21.3 Å². The molecule has 7 nitrogen and oxygen atoms in total. The van der Waals surface area contributed by atoms with Crippen LogP contribution < -0.4 is 19.5 Å². The van der Waals surface area contributed by atoms with Gasteiger partial charge in [0.2, 0.25) is 5.75 Å². The molecule has 1 aromatic heterocycles. The first-order valence-corrected chi connectivity index (χ1v) is 7.70. The normalized spacial score (nSPS) is 11.7. The van der Waals surface area contributed by atoms with Gasteiger partial charge in [-0.1, -0.05) is 6.92 Å². The third-order valence-corrected chi connectivity index (χ3v) is 3.85.